The Hall–Kier alpha value is -3.66. The van der Waals surface area contributed by atoms with E-state index in [4.69, 9.17) is 4.74 Å². The Morgan fingerprint density at radius 3 is 2.41 bits per heavy atom. The second-order valence-corrected chi connectivity index (χ2v) is 10.00. The second-order valence-electron chi connectivity index (χ2n) is 7.99. The molecule has 0 aliphatic rings. The summed E-state index contributed by atoms with van der Waals surface area (Å²) in [6, 6.07) is 9.18. The van der Waals surface area contributed by atoms with Crippen LogP contribution in [0.5, 0.6) is 11.5 Å². The fraction of sp³-hybridized carbons (Fsp3) is 0.208. The van der Waals surface area contributed by atoms with Crippen molar-refractivity contribution in [1.29, 1.82) is 0 Å². The zero-order valence-corrected chi connectivity index (χ0v) is 19.8. The second kappa shape index (κ2) is 8.60. The third-order valence-corrected chi connectivity index (χ3v) is 6.97. The maximum absolute atomic E-state index is 14.3. The summed E-state index contributed by atoms with van der Waals surface area (Å²) in [5.74, 6) is -1.75. The molecule has 0 atom stereocenters. The number of halogens is 2. The first-order valence-electron chi connectivity index (χ1n) is 10.5. The van der Waals surface area contributed by atoms with Gasteiger partial charge in [-0.05, 0) is 64.1 Å². The molecule has 0 saturated heterocycles. The van der Waals surface area contributed by atoms with Gasteiger partial charge < -0.3 is 9.94 Å². The molecule has 2 heterocycles. The molecule has 7 nitrogen and oxygen atoms in total. The van der Waals surface area contributed by atoms with Crippen molar-refractivity contribution in [3.05, 3.63) is 76.3 Å². The van der Waals surface area contributed by atoms with Crippen LogP contribution in [-0.4, -0.2) is 19.2 Å². The topological polar surface area (TPSA) is 98.1 Å². The number of fused-ring (bicyclic) bond motifs is 1. The summed E-state index contributed by atoms with van der Waals surface area (Å²) in [7, 11) is -3.57. The van der Waals surface area contributed by atoms with E-state index in [1.165, 1.54) is 25.1 Å². The van der Waals surface area contributed by atoms with Crippen molar-refractivity contribution in [3.8, 4) is 22.6 Å². The van der Waals surface area contributed by atoms with E-state index in [9.17, 15) is 22.4 Å². The van der Waals surface area contributed by atoms with Gasteiger partial charge in [-0.2, -0.15) is 0 Å². The number of aryl methyl sites for hydroxylation is 3. The first-order valence-corrected chi connectivity index (χ1v) is 12.2. The Morgan fingerprint density at radius 2 is 1.74 bits per heavy atom. The van der Waals surface area contributed by atoms with Gasteiger partial charge in [0.15, 0.2) is 11.6 Å². The SMILES string of the molecule is CCS(=O)(=O)Nc1ccc(Oc2ccc(F)cc2F)c(-c2cc(C)[n+]([O-])c3[nH]c(C)c(C)c23)c1. The van der Waals surface area contributed by atoms with E-state index in [1.54, 1.807) is 19.1 Å². The number of ether oxygens (including phenoxy) is 1. The monoisotopic (exact) mass is 487 g/mol. The number of H-pyrrole nitrogens is 1. The van der Waals surface area contributed by atoms with Crippen LogP contribution < -0.4 is 14.2 Å². The van der Waals surface area contributed by atoms with Crippen LogP contribution in [-0.2, 0) is 10.0 Å². The summed E-state index contributed by atoms with van der Waals surface area (Å²) < 4.78 is 61.1. The van der Waals surface area contributed by atoms with Gasteiger partial charge in [-0.15, -0.1) is 0 Å². The van der Waals surface area contributed by atoms with Gasteiger partial charge in [-0.1, -0.05) is 0 Å². The van der Waals surface area contributed by atoms with Crippen molar-refractivity contribution in [2.75, 3.05) is 10.5 Å². The lowest BCUT2D eigenvalue weighted by molar-refractivity contribution is -0.586. The summed E-state index contributed by atoms with van der Waals surface area (Å²) >= 11 is 0. The minimum atomic E-state index is -3.57. The number of aromatic nitrogens is 2. The molecule has 0 bridgehead atoms. The molecule has 178 valence electrons. The number of rotatable bonds is 6. The summed E-state index contributed by atoms with van der Waals surface area (Å²) in [5.41, 5.74) is 3.64. The molecule has 4 rings (SSSR count). The molecule has 0 fully saturated rings. The summed E-state index contributed by atoms with van der Waals surface area (Å²) in [5, 5.41) is 13.3. The molecular formula is C24H23F2N3O4S. The van der Waals surface area contributed by atoms with Gasteiger partial charge in [0.1, 0.15) is 23.0 Å². The minimum Gasteiger partial charge on any atom is -0.710 e. The number of nitrogens with zero attached hydrogens (tertiary/aromatic N) is 1. The number of benzene rings is 2. The Kier molecular flexibility index (Phi) is 5.94. The highest BCUT2D eigenvalue weighted by Crippen LogP contribution is 2.41. The number of hydrogen-bond donors (Lipinski definition) is 2. The highest BCUT2D eigenvalue weighted by molar-refractivity contribution is 7.92. The molecule has 0 spiro atoms. The maximum Gasteiger partial charge on any atom is 0.290 e. The predicted molar refractivity (Wildman–Crippen MR) is 126 cm³/mol. The van der Waals surface area contributed by atoms with Crippen molar-refractivity contribution >= 4 is 26.7 Å². The van der Waals surface area contributed by atoms with Gasteiger partial charge in [0.05, 0.1) is 11.1 Å². The molecule has 10 heteroatoms. The molecule has 0 radical (unpaired) electrons. The Bertz CT molecular complexity index is 1530. The lowest BCUT2D eigenvalue weighted by atomic mass is 9.98. The van der Waals surface area contributed by atoms with Crippen LogP contribution in [0.2, 0.25) is 0 Å². The van der Waals surface area contributed by atoms with E-state index in [-0.39, 0.29) is 22.9 Å². The van der Waals surface area contributed by atoms with Crippen molar-refractivity contribution in [2.45, 2.75) is 27.7 Å². The number of aromatic amines is 1. The molecule has 4 aromatic rings. The van der Waals surface area contributed by atoms with Gasteiger partial charge >= 0.3 is 0 Å². The van der Waals surface area contributed by atoms with E-state index >= 15 is 0 Å². The van der Waals surface area contributed by atoms with Crippen molar-refractivity contribution in [3.63, 3.8) is 0 Å². The molecule has 0 amide bonds. The Balaban J connectivity index is 1.98. The largest absolute Gasteiger partial charge is 0.710 e. The van der Waals surface area contributed by atoms with Crippen LogP contribution >= 0.6 is 0 Å². The van der Waals surface area contributed by atoms with Gasteiger partial charge in [0.2, 0.25) is 10.0 Å². The van der Waals surface area contributed by atoms with Crippen LogP contribution in [0.15, 0.2) is 42.5 Å². The van der Waals surface area contributed by atoms with Gasteiger partial charge in [0, 0.05) is 28.4 Å². The molecule has 2 aromatic heterocycles. The molecule has 0 aliphatic heterocycles. The average Bonchev–Trinajstić information content (AvgIpc) is 3.08. The van der Waals surface area contributed by atoms with Gasteiger partial charge in [-0.3, -0.25) is 4.72 Å². The van der Waals surface area contributed by atoms with Crippen molar-refractivity contribution in [2.24, 2.45) is 0 Å². The highest BCUT2D eigenvalue weighted by atomic mass is 32.2. The van der Waals surface area contributed by atoms with E-state index < -0.39 is 21.7 Å². The number of pyridine rings is 1. The number of hydrogen-bond acceptors (Lipinski definition) is 4. The summed E-state index contributed by atoms with van der Waals surface area (Å²) in [4.78, 5) is 3.09. The van der Waals surface area contributed by atoms with E-state index in [0.717, 1.165) is 22.1 Å². The minimum absolute atomic E-state index is 0.123. The smallest absolute Gasteiger partial charge is 0.290 e. The first kappa shape index (κ1) is 23.5. The number of anilines is 1. The van der Waals surface area contributed by atoms with Gasteiger partial charge in [-0.25, -0.2) is 26.9 Å². The summed E-state index contributed by atoms with van der Waals surface area (Å²) in [6.45, 7) is 6.86. The van der Waals surface area contributed by atoms with Crippen molar-refractivity contribution in [1.82, 2.24) is 4.98 Å². The highest BCUT2D eigenvalue weighted by Gasteiger charge is 2.23. The molecule has 2 N–H and O–H groups in total. The van der Waals surface area contributed by atoms with Crippen LogP contribution in [0.3, 0.4) is 0 Å². The predicted octanol–water partition coefficient (Wildman–Crippen LogP) is 5.23. The van der Waals surface area contributed by atoms with E-state index in [2.05, 4.69) is 9.71 Å². The quantitative estimate of drug-likeness (QED) is 0.288. The number of sulfonamides is 1. The third kappa shape index (κ3) is 4.28. The zero-order chi connectivity index (χ0) is 24.8. The fourth-order valence-corrected chi connectivity index (χ4v) is 4.36. The third-order valence-electron chi connectivity index (χ3n) is 5.66. The van der Waals surface area contributed by atoms with Crippen LogP contribution in [0.1, 0.15) is 23.9 Å². The van der Waals surface area contributed by atoms with Gasteiger partial charge in [0.25, 0.3) is 5.65 Å². The Labute approximate surface area is 195 Å². The lowest BCUT2D eigenvalue weighted by Gasteiger charge is -2.17. The first-order chi connectivity index (χ1) is 16.0. The van der Waals surface area contributed by atoms with E-state index in [1.807, 2.05) is 13.8 Å². The molecule has 2 aromatic carbocycles. The maximum atomic E-state index is 14.3. The van der Waals surface area contributed by atoms with Crippen LogP contribution in [0.4, 0.5) is 14.5 Å². The van der Waals surface area contributed by atoms with E-state index in [0.29, 0.717) is 33.9 Å². The average molecular weight is 488 g/mol. The molecule has 0 unspecified atom stereocenters. The molecular weight excluding hydrogens is 464 g/mol. The van der Waals surface area contributed by atoms with Crippen molar-refractivity contribution < 1.29 is 26.7 Å². The normalized spacial score (nSPS) is 11.7. The molecule has 0 saturated carbocycles. The van der Waals surface area contributed by atoms with Crippen LogP contribution in [0, 0.1) is 37.6 Å². The standard InChI is InChI=1S/C24H23F2N3O4S/c1-5-34(31,32)28-17-7-9-21(33-22-8-6-16(25)11-20(22)26)18(12-17)19-10-13(2)29(30)24-23(19)14(3)15(4)27-24/h6-12,27-28H,5H2,1-4H3. The molecule has 34 heavy (non-hydrogen) atoms. The zero-order valence-electron chi connectivity index (χ0n) is 19.0. The Morgan fingerprint density at radius 1 is 1.03 bits per heavy atom. The fourth-order valence-electron chi connectivity index (χ4n) is 3.73. The van der Waals surface area contributed by atoms with Crippen LogP contribution in [0.25, 0.3) is 22.2 Å². The number of nitrogens with one attached hydrogen (secondary N) is 2. The lowest BCUT2D eigenvalue weighted by Crippen LogP contribution is -2.31. The molecule has 0 aliphatic carbocycles. The summed E-state index contributed by atoms with van der Waals surface area (Å²) in [6.07, 6.45) is 0.